The summed E-state index contributed by atoms with van der Waals surface area (Å²) in [6.45, 7) is 1.10. The maximum absolute atomic E-state index is 4.08. The average Bonchev–Trinajstić information content (AvgIpc) is 3.10. The van der Waals surface area contributed by atoms with Gasteiger partial charge in [-0.2, -0.15) is 0 Å². The zero-order valence-corrected chi connectivity index (χ0v) is 10.5. The van der Waals surface area contributed by atoms with E-state index in [9.17, 15) is 0 Å². The van der Waals surface area contributed by atoms with Crippen molar-refractivity contribution in [2.45, 2.75) is 25.7 Å². The predicted molar refractivity (Wildman–Crippen MR) is 74.0 cm³/mol. The average molecular weight is 241 g/mol. The van der Waals surface area contributed by atoms with Crippen molar-refractivity contribution < 1.29 is 0 Å². The molecule has 18 heavy (non-hydrogen) atoms. The molecule has 0 bridgehead atoms. The van der Waals surface area contributed by atoms with Gasteiger partial charge in [0.05, 0.1) is 6.33 Å². The zero-order valence-electron chi connectivity index (χ0n) is 10.5. The molecule has 1 aromatic carbocycles. The Balaban J connectivity index is 1.67. The molecule has 0 unspecified atom stereocenters. The van der Waals surface area contributed by atoms with Gasteiger partial charge < -0.3 is 9.88 Å². The molecular formula is C15H19N3. The summed E-state index contributed by atoms with van der Waals surface area (Å²) in [5.74, 6) is 0.863. The molecule has 0 radical (unpaired) electrons. The van der Waals surface area contributed by atoms with Crippen molar-refractivity contribution in [1.29, 1.82) is 0 Å². The molecule has 1 saturated carbocycles. The summed E-state index contributed by atoms with van der Waals surface area (Å²) in [5, 5.41) is 3.56. The van der Waals surface area contributed by atoms with E-state index in [2.05, 4.69) is 34.6 Å². The van der Waals surface area contributed by atoms with E-state index in [0.29, 0.717) is 0 Å². The first-order valence-electron chi connectivity index (χ1n) is 6.74. The number of hydrogen-bond acceptors (Lipinski definition) is 2. The fourth-order valence-electron chi connectivity index (χ4n) is 2.67. The number of imidazole rings is 1. The van der Waals surface area contributed by atoms with Crippen LogP contribution in [0.15, 0.2) is 43.0 Å². The van der Waals surface area contributed by atoms with Crippen LogP contribution in [0.5, 0.6) is 0 Å². The van der Waals surface area contributed by atoms with Gasteiger partial charge in [-0.15, -0.1) is 0 Å². The van der Waals surface area contributed by atoms with Crippen molar-refractivity contribution in [1.82, 2.24) is 9.55 Å². The van der Waals surface area contributed by atoms with E-state index >= 15 is 0 Å². The summed E-state index contributed by atoms with van der Waals surface area (Å²) in [5.41, 5.74) is 2.36. The van der Waals surface area contributed by atoms with Crippen LogP contribution in [0, 0.1) is 5.92 Å². The van der Waals surface area contributed by atoms with Crippen LogP contribution in [-0.2, 0) is 0 Å². The van der Waals surface area contributed by atoms with Gasteiger partial charge in [-0.05, 0) is 37.0 Å². The monoisotopic (exact) mass is 241 g/mol. The third-order valence-corrected chi connectivity index (χ3v) is 3.72. The highest BCUT2D eigenvalue weighted by Gasteiger charge is 2.14. The van der Waals surface area contributed by atoms with Crippen LogP contribution in [0.4, 0.5) is 5.69 Å². The minimum atomic E-state index is 0.863. The summed E-state index contributed by atoms with van der Waals surface area (Å²) in [4.78, 5) is 4.08. The van der Waals surface area contributed by atoms with Crippen LogP contribution in [0.25, 0.3) is 5.69 Å². The largest absolute Gasteiger partial charge is 0.385 e. The maximum atomic E-state index is 4.08. The highest BCUT2D eigenvalue weighted by Crippen LogP contribution is 2.25. The van der Waals surface area contributed by atoms with Crippen molar-refractivity contribution in [3.63, 3.8) is 0 Å². The second kappa shape index (κ2) is 5.25. The van der Waals surface area contributed by atoms with Crippen LogP contribution >= 0.6 is 0 Å². The smallest absolute Gasteiger partial charge is 0.0991 e. The molecule has 1 aliphatic carbocycles. The van der Waals surface area contributed by atoms with Gasteiger partial charge in [0.25, 0.3) is 0 Å². The van der Waals surface area contributed by atoms with Crippen LogP contribution < -0.4 is 5.32 Å². The molecule has 1 fully saturated rings. The molecule has 0 atom stereocenters. The van der Waals surface area contributed by atoms with Gasteiger partial charge in [-0.3, -0.25) is 0 Å². The minimum absolute atomic E-state index is 0.863. The second-order valence-electron chi connectivity index (χ2n) is 5.05. The Morgan fingerprint density at radius 1 is 1.28 bits per heavy atom. The fraction of sp³-hybridized carbons (Fsp3) is 0.400. The number of hydrogen-bond donors (Lipinski definition) is 1. The van der Waals surface area contributed by atoms with Crippen LogP contribution in [0.2, 0.25) is 0 Å². The van der Waals surface area contributed by atoms with E-state index < -0.39 is 0 Å². The molecule has 0 amide bonds. The van der Waals surface area contributed by atoms with Gasteiger partial charge >= 0.3 is 0 Å². The van der Waals surface area contributed by atoms with Gasteiger partial charge in [0.15, 0.2) is 0 Å². The normalized spacial score (nSPS) is 16.0. The number of nitrogens with zero attached hydrogens (tertiary/aromatic N) is 2. The standard InChI is InChI=1S/C15H19N3/c1-2-5-13(4-1)11-17-14-6-3-7-15(10-14)18-9-8-16-12-18/h3,6-10,12-13,17H,1-2,4-5,11H2. The van der Waals surface area contributed by atoms with Crippen molar-refractivity contribution in [3.05, 3.63) is 43.0 Å². The molecule has 0 saturated heterocycles. The van der Waals surface area contributed by atoms with E-state index in [4.69, 9.17) is 0 Å². The Morgan fingerprint density at radius 3 is 2.94 bits per heavy atom. The Hall–Kier alpha value is -1.77. The Bertz CT molecular complexity index is 484. The molecule has 1 heterocycles. The van der Waals surface area contributed by atoms with E-state index in [1.54, 1.807) is 6.20 Å². The number of rotatable bonds is 4. The van der Waals surface area contributed by atoms with Crippen LogP contribution in [0.1, 0.15) is 25.7 Å². The van der Waals surface area contributed by atoms with Crippen LogP contribution in [0.3, 0.4) is 0 Å². The van der Waals surface area contributed by atoms with Gasteiger partial charge in [0.1, 0.15) is 0 Å². The molecule has 0 spiro atoms. The van der Waals surface area contributed by atoms with Gasteiger partial charge in [-0.25, -0.2) is 4.98 Å². The topological polar surface area (TPSA) is 29.9 Å². The molecule has 2 aromatic rings. The Labute approximate surface area is 108 Å². The lowest BCUT2D eigenvalue weighted by atomic mass is 10.1. The molecule has 3 heteroatoms. The molecule has 0 aliphatic heterocycles. The summed E-state index contributed by atoms with van der Waals surface area (Å²) in [6.07, 6.45) is 11.2. The molecule has 1 aliphatic rings. The van der Waals surface area contributed by atoms with Crippen molar-refractivity contribution in [2.75, 3.05) is 11.9 Å². The summed E-state index contributed by atoms with van der Waals surface area (Å²) in [6, 6.07) is 8.50. The van der Waals surface area contributed by atoms with Gasteiger partial charge in [-0.1, -0.05) is 18.9 Å². The first-order valence-corrected chi connectivity index (χ1v) is 6.74. The van der Waals surface area contributed by atoms with E-state index in [1.165, 1.54) is 31.4 Å². The SMILES string of the molecule is c1cc(NCC2CCCC2)cc(-n2ccnc2)c1. The highest BCUT2D eigenvalue weighted by atomic mass is 15.0. The number of anilines is 1. The fourth-order valence-corrected chi connectivity index (χ4v) is 2.67. The molecular weight excluding hydrogens is 222 g/mol. The van der Waals surface area contributed by atoms with Crippen LogP contribution in [-0.4, -0.2) is 16.1 Å². The van der Waals surface area contributed by atoms with Gasteiger partial charge in [0, 0.05) is 30.3 Å². The third kappa shape index (κ3) is 2.55. The zero-order chi connectivity index (χ0) is 12.2. The quantitative estimate of drug-likeness (QED) is 0.888. The maximum Gasteiger partial charge on any atom is 0.0991 e. The first kappa shape index (κ1) is 11.3. The first-order chi connectivity index (χ1) is 8.92. The molecule has 3 nitrogen and oxygen atoms in total. The lowest BCUT2D eigenvalue weighted by Gasteiger charge is -2.12. The van der Waals surface area contributed by atoms with Crippen molar-refractivity contribution >= 4 is 5.69 Å². The van der Waals surface area contributed by atoms with Crippen molar-refractivity contribution in [3.8, 4) is 5.69 Å². The number of aromatic nitrogens is 2. The predicted octanol–water partition coefficient (Wildman–Crippen LogP) is 3.47. The molecule has 3 rings (SSSR count). The Kier molecular flexibility index (Phi) is 3.31. The second-order valence-corrected chi connectivity index (χ2v) is 5.05. The van der Waals surface area contributed by atoms with E-state index in [1.807, 2.05) is 17.1 Å². The number of nitrogens with one attached hydrogen (secondary N) is 1. The van der Waals surface area contributed by atoms with E-state index in [-0.39, 0.29) is 0 Å². The lowest BCUT2D eigenvalue weighted by Crippen LogP contribution is -2.10. The van der Waals surface area contributed by atoms with Crippen molar-refractivity contribution in [2.24, 2.45) is 5.92 Å². The molecule has 94 valence electrons. The minimum Gasteiger partial charge on any atom is -0.385 e. The molecule has 1 aromatic heterocycles. The highest BCUT2D eigenvalue weighted by molar-refractivity contribution is 5.51. The Morgan fingerprint density at radius 2 is 2.17 bits per heavy atom. The van der Waals surface area contributed by atoms with Gasteiger partial charge in [0.2, 0.25) is 0 Å². The third-order valence-electron chi connectivity index (χ3n) is 3.72. The summed E-state index contributed by atoms with van der Waals surface area (Å²) >= 11 is 0. The summed E-state index contributed by atoms with van der Waals surface area (Å²) in [7, 11) is 0. The van der Waals surface area contributed by atoms with E-state index in [0.717, 1.165) is 18.2 Å². The number of benzene rings is 1. The molecule has 1 N–H and O–H groups in total. The lowest BCUT2D eigenvalue weighted by molar-refractivity contribution is 0.580. The summed E-state index contributed by atoms with van der Waals surface area (Å²) < 4.78 is 2.03.